The number of amides is 1. The highest BCUT2D eigenvalue weighted by Crippen LogP contribution is 2.40. The summed E-state index contributed by atoms with van der Waals surface area (Å²) in [6.07, 6.45) is 2.52. The zero-order chi connectivity index (χ0) is 13.0. The molecule has 1 aromatic carbocycles. The van der Waals surface area contributed by atoms with Gasteiger partial charge >= 0.3 is 0 Å². The van der Waals surface area contributed by atoms with Crippen molar-refractivity contribution in [2.24, 2.45) is 5.92 Å². The van der Waals surface area contributed by atoms with Crippen LogP contribution in [0.15, 0.2) is 30.3 Å². The average molecular weight is 246 g/mol. The highest BCUT2D eigenvalue weighted by Gasteiger charge is 2.32. The minimum absolute atomic E-state index is 0.0755. The second-order valence-electron chi connectivity index (χ2n) is 5.33. The fourth-order valence-corrected chi connectivity index (χ4v) is 2.22. The van der Waals surface area contributed by atoms with E-state index in [1.165, 1.54) is 18.4 Å². The Morgan fingerprint density at radius 1 is 1.28 bits per heavy atom. The van der Waals surface area contributed by atoms with E-state index >= 15 is 0 Å². The number of nitrogens with one attached hydrogen (secondary N) is 2. The molecule has 98 valence electrons. The molecule has 0 heterocycles. The van der Waals surface area contributed by atoms with Crippen LogP contribution in [0.5, 0.6) is 0 Å². The Balaban J connectivity index is 1.90. The topological polar surface area (TPSA) is 41.1 Å². The van der Waals surface area contributed by atoms with Gasteiger partial charge in [-0.05, 0) is 38.2 Å². The molecule has 3 nitrogen and oxygen atoms in total. The molecular weight excluding hydrogens is 224 g/mol. The largest absolute Gasteiger partial charge is 0.353 e. The van der Waals surface area contributed by atoms with E-state index in [9.17, 15) is 4.79 Å². The van der Waals surface area contributed by atoms with Crippen LogP contribution >= 0.6 is 0 Å². The molecule has 1 aliphatic carbocycles. The summed E-state index contributed by atoms with van der Waals surface area (Å²) in [5.41, 5.74) is 1.29. The third-order valence-electron chi connectivity index (χ3n) is 3.18. The van der Waals surface area contributed by atoms with Gasteiger partial charge in [0.25, 0.3) is 0 Å². The van der Waals surface area contributed by atoms with Gasteiger partial charge in [-0.3, -0.25) is 4.79 Å². The van der Waals surface area contributed by atoms with Crippen LogP contribution in [-0.4, -0.2) is 18.5 Å². The summed E-state index contributed by atoms with van der Waals surface area (Å²) in [5.74, 6) is 0.769. The van der Waals surface area contributed by atoms with Crippen molar-refractivity contribution in [1.82, 2.24) is 10.6 Å². The van der Waals surface area contributed by atoms with E-state index in [-0.39, 0.29) is 11.9 Å². The van der Waals surface area contributed by atoms with Crippen molar-refractivity contribution in [3.05, 3.63) is 35.9 Å². The highest BCUT2D eigenvalue weighted by molar-refractivity contribution is 5.78. The first-order chi connectivity index (χ1) is 8.66. The van der Waals surface area contributed by atoms with Gasteiger partial charge in [0.2, 0.25) is 5.91 Å². The first-order valence-electron chi connectivity index (χ1n) is 6.74. The van der Waals surface area contributed by atoms with E-state index in [0.717, 1.165) is 0 Å². The molecule has 0 bridgehead atoms. The van der Waals surface area contributed by atoms with E-state index < -0.39 is 0 Å². The van der Waals surface area contributed by atoms with Crippen molar-refractivity contribution in [2.45, 2.75) is 38.8 Å². The van der Waals surface area contributed by atoms with E-state index in [1.54, 1.807) is 0 Å². The molecule has 18 heavy (non-hydrogen) atoms. The second kappa shape index (κ2) is 6.01. The van der Waals surface area contributed by atoms with Crippen molar-refractivity contribution in [1.29, 1.82) is 0 Å². The molecule has 0 aliphatic heterocycles. The van der Waals surface area contributed by atoms with Gasteiger partial charge in [-0.1, -0.05) is 30.3 Å². The molecule has 2 N–H and O–H groups in total. The molecule has 1 saturated carbocycles. The molecule has 1 amide bonds. The zero-order valence-electron chi connectivity index (χ0n) is 11.1. The zero-order valence-corrected chi connectivity index (χ0v) is 11.1. The Bertz CT molecular complexity index is 385. The van der Waals surface area contributed by atoms with Crippen molar-refractivity contribution >= 4 is 5.91 Å². The minimum Gasteiger partial charge on any atom is -0.353 e. The lowest BCUT2D eigenvalue weighted by Gasteiger charge is -2.19. The van der Waals surface area contributed by atoms with Crippen LogP contribution in [-0.2, 0) is 4.79 Å². The first-order valence-corrected chi connectivity index (χ1v) is 6.74. The molecule has 2 rings (SSSR count). The lowest BCUT2D eigenvalue weighted by molar-refractivity contribution is -0.120. The van der Waals surface area contributed by atoms with Crippen LogP contribution in [0.25, 0.3) is 0 Å². The van der Waals surface area contributed by atoms with Crippen LogP contribution < -0.4 is 10.6 Å². The van der Waals surface area contributed by atoms with Crippen LogP contribution in [0.3, 0.4) is 0 Å². The summed E-state index contributed by atoms with van der Waals surface area (Å²) in [6.45, 7) is 4.36. The summed E-state index contributed by atoms with van der Waals surface area (Å²) < 4.78 is 0. The van der Waals surface area contributed by atoms with E-state index in [0.29, 0.717) is 18.5 Å². The smallest absolute Gasteiger partial charge is 0.234 e. The SMILES string of the molecule is CC(C)NC(=O)CNC(c1ccccc1)C1CC1. The molecule has 1 atom stereocenters. The third kappa shape index (κ3) is 3.84. The van der Waals surface area contributed by atoms with Crippen LogP contribution in [0, 0.1) is 5.92 Å². The van der Waals surface area contributed by atoms with Crippen molar-refractivity contribution in [2.75, 3.05) is 6.54 Å². The van der Waals surface area contributed by atoms with E-state index in [2.05, 4.69) is 34.9 Å². The van der Waals surface area contributed by atoms with Gasteiger partial charge in [0.1, 0.15) is 0 Å². The van der Waals surface area contributed by atoms with E-state index in [4.69, 9.17) is 0 Å². The number of rotatable bonds is 6. The maximum atomic E-state index is 11.7. The fourth-order valence-electron chi connectivity index (χ4n) is 2.22. The van der Waals surface area contributed by atoms with Crippen LogP contribution in [0.2, 0.25) is 0 Å². The molecule has 1 fully saturated rings. The van der Waals surface area contributed by atoms with Gasteiger partial charge in [-0.15, -0.1) is 0 Å². The normalized spacial score (nSPS) is 16.6. The van der Waals surface area contributed by atoms with Crippen molar-refractivity contribution in [3.8, 4) is 0 Å². The first kappa shape index (κ1) is 13.1. The number of hydrogen-bond donors (Lipinski definition) is 2. The minimum atomic E-state index is 0.0755. The predicted octanol–water partition coefficient (Wildman–Crippen LogP) is 2.25. The molecule has 0 spiro atoms. The van der Waals surface area contributed by atoms with Crippen molar-refractivity contribution in [3.63, 3.8) is 0 Å². The van der Waals surface area contributed by atoms with Gasteiger partial charge in [0, 0.05) is 12.1 Å². The lowest BCUT2D eigenvalue weighted by Crippen LogP contribution is -2.39. The van der Waals surface area contributed by atoms with Crippen LogP contribution in [0.1, 0.15) is 38.3 Å². The number of carbonyl (C=O) groups excluding carboxylic acids is 1. The lowest BCUT2D eigenvalue weighted by atomic mass is 10.0. The molecule has 1 aliphatic rings. The van der Waals surface area contributed by atoms with Gasteiger partial charge in [0.15, 0.2) is 0 Å². The summed E-state index contributed by atoms with van der Waals surface area (Å²) in [4.78, 5) is 11.7. The molecule has 3 heteroatoms. The van der Waals surface area contributed by atoms with Crippen molar-refractivity contribution < 1.29 is 4.79 Å². The maximum Gasteiger partial charge on any atom is 0.234 e. The standard InChI is InChI=1S/C15H22N2O/c1-11(2)17-14(18)10-16-15(13-8-9-13)12-6-4-3-5-7-12/h3-7,11,13,15-16H,8-10H2,1-2H3,(H,17,18). The highest BCUT2D eigenvalue weighted by atomic mass is 16.1. The number of benzene rings is 1. The Labute approximate surface area is 109 Å². The summed E-state index contributed by atoms with van der Waals surface area (Å²) in [5, 5.41) is 6.30. The van der Waals surface area contributed by atoms with Gasteiger partial charge in [-0.25, -0.2) is 0 Å². The summed E-state index contributed by atoms with van der Waals surface area (Å²) in [6, 6.07) is 10.9. The number of carbonyl (C=O) groups is 1. The quantitative estimate of drug-likeness (QED) is 0.808. The monoisotopic (exact) mass is 246 g/mol. The summed E-state index contributed by atoms with van der Waals surface area (Å²) >= 11 is 0. The maximum absolute atomic E-state index is 11.7. The molecular formula is C15H22N2O. The van der Waals surface area contributed by atoms with Gasteiger partial charge in [0.05, 0.1) is 6.54 Å². The molecule has 0 radical (unpaired) electrons. The Morgan fingerprint density at radius 2 is 1.94 bits per heavy atom. The fraction of sp³-hybridized carbons (Fsp3) is 0.533. The van der Waals surface area contributed by atoms with Crippen LogP contribution in [0.4, 0.5) is 0 Å². The summed E-state index contributed by atoms with van der Waals surface area (Å²) in [7, 11) is 0. The number of hydrogen-bond acceptors (Lipinski definition) is 2. The second-order valence-corrected chi connectivity index (χ2v) is 5.33. The Morgan fingerprint density at radius 3 is 2.50 bits per heavy atom. The molecule has 0 saturated heterocycles. The molecule has 1 aromatic rings. The Hall–Kier alpha value is -1.35. The predicted molar refractivity (Wildman–Crippen MR) is 73.2 cm³/mol. The third-order valence-corrected chi connectivity index (χ3v) is 3.18. The van der Waals surface area contributed by atoms with Gasteiger partial charge in [-0.2, -0.15) is 0 Å². The Kier molecular flexibility index (Phi) is 4.37. The van der Waals surface area contributed by atoms with E-state index in [1.807, 2.05) is 19.9 Å². The molecule has 0 aromatic heterocycles. The average Bonchev–Trinajstić information content (AvgIpc) is 3.14. The van der Waals surface area contributed by atoms with Gasteiger partial charge < -0.3 is 10.6 Å². The molecule has 1 unspecified atom stereocenters.